The first-order valence-corrected chi connectivity index (χ1v) is 10.3. The number of carbonyl (C=O) groups is 1. The van der Waals surface area contributed by atoms with E-state index in [1.807, 2.05) is 30.3 Å². The van der Waals surface area contributed by atoms with Gasteiger partial charge in [0.05, 0.1) is 11.3 Å². The molecule has 0 spiro atoms. The maximum atomic E-state index is 13.9. The Morgan fingerprint density at radius 1 is 1.07 bits per heavy atom. The predicted octanol–water partition coefficient (Wildman–Crippen LogP) is 3.62. The molecule has 1 heterocycles. The second-order valence-electron chi connectivity index (χ2n) is 5.65. The molecule has 8 heteroatoms. The summed E-state index contributed by atoms with van der Waals surface area (Å²) < 4.78 is 15.6. The number of nitrogens with one attached hydrogen (secondary N) is 1. The largest absolute Gasteiger partial charge is 0.355 e. The van der Waals surface area contributed by atoms with Crippen molar-refractivity contribution in [1.82, 2.24) is 20.1 Å². The Kier molecular flexibility index (Phi) is 6.89. The lowest BCUT2D eigenvalue weighted by molar-refractivity contribution is -0.118. The number of rotatable bonds is 8. The molecule has 0 aliphatic rings. The molecule has 1 amide bonds. The second kappa shape index (κ2) is 9.57. The summed E-state index contributed by atoms with van der Waals surface area (Å²) in [5, 5.41) is 11.6. The minimum atomic E-state index is -0.349. The maximum Gasteiger partial charge on any atom is 0.230 e. The van der Waals surface area contributed by atoms with E-state index in [1.54, 1.807) is 41.6 Å². The summed E-state index contributed by atoms with van der Waals surface area (Å²) in [7, 11) is 1.76. The summed E-state index contributed by atoms with van der Waals surface area (Å²) in [6, 6.07) is 16.5. The molecule has 0 saturated heterocycles. The van der Waals surface area contributed by atoms with Crippen LogP contribution < -0.4 is 5.32 Å². The van der Waals surface area contributed by atoms with E-state index in [1.165, 1.54) is 22.7 Å². The normalized spacial score (nSPS) is 10.7. The Morgan fingerprint density at radius 2 is 1.81 bits per heavy atom. The molecule has 0 saturated carbocycles. The first-order valence-electron chi connectivity index (χ1n) is 8.37. The highest BCUT2D eigenvalue weighted by Gasteiger charge is 2.15. The molecule has 3 rings (SSSR count). The molecule has 3 aromatic rings. The van der Waals surface area contributed by atoms with Gasteiger partial charge in [-0.15, -0.1) is 22.0 Å². The lowest BCUT2D eigenvalue weighted by Gasteiger charge is -2.06. The molecular weight excluding hydrogens is 383 g/mol. The lowest BCUT2D eigenvalue weighted by atomic mass is 10.2. The number of hydrogen-bond donors (Lipinski definition) is 1. The van der Waals surface area contributed by atoms with E-state index in [4.69, 9.17) is 0 Å². The van der Waals surface area contributed by atoms with E-state index in [9.17, 15) is 9.18 Å². The number of carbonyl (C=O) groups excluding carboxylic acids is 1. The molecule has 0 radical (unpaired) electrons. The number of hydrogen-bond acceptors (Lipinski definition) is 5. The minimum absolute atomic E-state index is 0.0656. The van der Waals surface area contributed by atoms with Gasteiger partial charge in [-0.05, 0) is 24.3 Å². The zero-order valence-corrected chi connectivity index (χ0v) is 16.4. The summed E-state index contributed by atoms with van der Waals surface area (Å²) in [4.78, 5) is 13.2. The highest BCUT2D eigenvalue weighted by atomic mass is 32.2. The van der Waals surface area contributed by atoms with Gasteiger partial charge in [-0.1, -0.05) is 42.1 Å². The molecule has 0 fully saturated rings. The van der Waals surface area contributed by atoms with Crippen LogP contribution in [0.25, 0.3) is 11.4 Å². The Morgan fingerprint density at radius 3 is 2.59 bits per heavy atom. The Balaban J connectivity index is 1.46. The predicted molar refractivity (Wildman–Crippen MR) is 107 cm³/mol. The number of aromatic nitrogens is 3. The molecule has 140 valence electrons. The van der Waals surface area contributed by atoms with Gasteiger partial charge in [0, 0.05) is 24.2 Å². The van der Waals surface area contributed by atoms with Crippen LogP contribution in [0, 0.1) is 5.82 Å². The van der Waals surface area contributed by atoms with Crippen molar-refractivity contribution in [2.24, 2.45) is 7.05 Å². The molecule has 0 atom stereocenters. The number of nitrogens with zero attached hydrogens (tertiary/aromatic N) is 3. The van der Waals surface area contributed by atoms with Crippen LogP contribution in [0.1, 0.15) is 0 Å². The van der Waals surface area contributed by atoms with Crippen molar-refractivity contribution in [3.8, 4) is 11.4 Å². The van der Waals surface area contributed by atoms with Gasteiger partial charge in [0.15, 0.2) is 11.0 Å². The molecule has 1 N–H and O–H groups in total. The number of thioether (sulfide) groups is 2. The van der Waals surface area contributed by atoms with Crippen LogP contribution in [0.4, 0.5) is 4.39 Å². The number of amides is 1. The van der Waals surface area contributed by atoms with Crippen molar-refractivity contribution < 1.29 is 9.18 Å². The van der Waals surface area contributed by atoms with E-state index in [-0.39, 0.29) is 17.5 Å². The van der Waals surface area contributed by atoms with E-state index in [0.717, 1.165) is 5.75 Å². The van der Waals surface area contributed by atoms with Crippen molar-refractivity contribution in [2.45, 2.75) is 10.1 Å². The highest BCUT2D eigenvalue weighted by Crippen LogP contribution is 2.24. The van der Waals surface area contributed by atoms with Crippen LogP contribution in [-0.2, 0) is 11.8 Å². The number of halogens is 1. The van der Waals surface area contributed by atoms with Crippen molar-refractivity contribution in [2.75, 3.05) is 18.1 Å². The third-order valence-corrected chi connectivity index (χ3v) is 5.75. The lowest BCUT2D eigenvalue weighted by Crippen LogP contribution is -2.27. The van der Waals surface area contributed by atoms with Crippen LogP contribution in [-0.4, -0.2) is 38.7 Å². The topological polar surface area (TPSA) is 59.8 Å². The van der Waals surface area contributed by atoms with Crippen LogP contribution >= 0.6 is 23.5 Å². The van der Waals surface area contributed by atoms with Gasteiger partial charge in [0.25, 0.3) is 0 Å². The molecule has 1 aromatic heterocycles. The van der Waals surface area contributed by atoms with Crippen LogP contribution in [0.15, 0.2) is 64.6 Å². The fourth-order valence-electron chi connectivity index (χ4n) is 2.37. The van der Waals surface area contributed by atoms with Crippen LogP contribution in [0.2, 0.25) is 0 Å². The Bertz CT molecular complexity index is 902. The van der Waals surface area contributed by atoms with Gasteiger partial charge in [0.2, 0.25) is 5.91 Å². The molecule has 0 unspecified atom stereocenters. The van der Waals surface area contributed by atoms with Crippen LogP contribution in [0.3, 0.4) is 0 Å². The molecular formula is C19H19FN4OS2. The first kappa shape index (κ1) is 19.4. The number of benzene rings is 2. The van der Waals surface area contributed by atoms with E-state index in [2.05, 4.69) is 15.5 Å². The summed E-state index contributed by atoms with van der Waals surface area (Å²) in [5.74, 6) is 1.07. The van der Waals surface area contributed by atoms with E-state index >= 15 is 0 Å². The second-order valence-corrected chi connectivity index (χ2v) is 7.76. The van der Waals surface area contributed by atoms with Gasteiger partial charge in [-0.3, -0.25) is 4.79 Å². The zero-order valence-electron chi connectivity index (χ0n) is 14.8. The summed E-state index contributed by atoms with van der Waals surface area (Å²) >= 11 is 2.98. The van der Waals surface area contributed by atoms with Crippen molar-refractivity contribution in [3.05, 3.63) is 60.4 Å². The molecule has 5 nitrogen and oxygen atoms in total. The van der Waals surface area contributed by atoms with Gasteiger partial charge in [-0.2, -0.15) is 0 Å². The zero-order chi connectivity index (χ0) is 19.1. The standard InChI is InChI=1S/C19H19FN4OS2/c1-24-18(15-9-5-6-10-16(15)20)22-23-19(24)27-13-17(25)21-11-12-26-14-7-3-2-4-8-14/h2-10H,11-13H2,1H3,(H,21,25). The van der Waals surface area contributed by atoms with Crippen molar-refractivity contribution >= 4 is 29.4 Å². The molecule has 2 aromatic carbocycles. The third-order valence-electron chi connectivity index (χ3n) is 3.72. The first-order chi connectivity index (χ1) is 13.1. The summed E-state index contributed by atoms with van der Waals surface area (Å²) in [6.07, 6.45) is 0. The Hall–Kier alpha value is -2.32. The maximum absolute atomic E-state index is 13.9. The fraction of sp³-hybridized carbons (Fsp3) is 0.211. The average molecular weight is 403 g/mol. The Labute approximate surface area is 165 Å². The van der Waals surface area contributed by atoms with Crippen molar-refractivity contribution in [1.29, 1.82) is 0 Å². The average Bonchev–Trinajstić information content (AvgIpc) is 3.05. The van der Waals surface area contributed by atoms with E-state index < -0.39 is 0 Å². The fourth-order valence-corrected chi connectivity index (χ4v) is 3.91. The SMILES string of the molecule is Cn1c(SCC(=O)NCCSc2ccccc2)nnc1-c1ccccc1F. The van der Waals surface area contributed by atoms with Gasteiger partial charge in [0.1, 0.15) is 5.82 Å². The highest BCUT2D eigenvalue weighted by molar-refractivity contribution is 7.99. The molecule has 27 heavy (non-hydrogen) atoms. The van der Waals surface area contributed by atoms with E-state index in [0.29, 0.717) is 23.1 Å². The summed E-state index contributed by atoms with van der Waals surface area (Å²) in [6.45, 7) is 0.595. The summed E-state index contributed by atoms with van der Waals surface area (Å²) in [5.41, 5.74) is 0.390. The van der Waals surface area contributed by atoms with Gasteiger partial charge in [-0.25, -0.2) is 4.39 Å². The third kappa shape index (κ3) is 5.33. The molecule has 0 aliphatic carbocycles. The minimum Gasteiger partial charge on any atom is -0.355 e. The van der Waals surface area contributed by atoms with Crippen molar-refractivity contribution in [3.63, 3.8) is 0 Å². The van der Waals surface area contributed by atoms with Crippen LogP contribution in [0.5, 0.6) is 0 Å². The van der Waals surface area contributed by atoms with Gasteiger partial charge < -0.3 is 9.88 Å². The van der Waals surface area contributed by atoms with Gasteiger partial charge >= 0.3 is 0 Å². The quantitative estimate of drug-likeness (QED) is 0.461. The molecule has 0 aliphatic heterocycles. The monoisotopic (exact) mass is 402 g/mol. The molecule has 0 bridgehead atoms. The smallest absolute Gasteiger partial charge is 0.230 e.